The number of carbonyl (C=O) groups excluding carboxylic acids is 4. The minimum Gasteiger partial charge on any atom is -0.450 e. The number of ether oxygens (including phenoxy) is 3. The normalized spacial score (nSPS) is 12.9. The van der Waals surface area contributed by atoms with Crippen molar-refractivity contribution in [2.75, 3.05) is 24.2 Å². The van der Waals surface area contributed by atoms with Crippen molar-refractivity contribution in [1.82, 2.24) is 10.6 Å². The van der Waals surface area contributed by atoms with Gasteiger partial charge in [-0.3, -0.25) is 25.0 Å². The molecule has 0 radical (unpaired) electrons. The number of halogens is 4. The third-order valence-corrected chi connectivity index (χ3v) is 6.30. The first-order valence-electron chi connectivity index (χ1n) is 14.6. The van der Waals surface area contributed by atoms with Gasteiger partial charge in [-0.15, -0.1) is 0 Å². The molecule has 1 fully saturated rings. The van der Waals surface area contributed by atoms with E-state index in [9.17, 15) is 41.5 Å². The van der Waals surface area contributed by atoms with Gasteiger partial charge in [-0.1, -0.05) is 26.0 Å². The minimum atomic E-state index is -1.79. The molecule has 0 bridgehead atoms. The predicted molar refractivity (Wildman–Crippen MR) is 164 cm³/mol. The first kappa shape index (κ1) is 41.1. The molecule has 1 atom stereocenters. The molecule has 1 heterocycles. The van der Waals surface area contributed by atoms with E-state index in [-0.39, 0.29) is 23.1 Å². The fraction of sp³-hybridized carbons (Fsp3) is 0.452. The number of rotatable bonds is 12. The summed E-state index contributed by atoms with van der Waals surface area (Å²) in [6.45, 7) is 10.0. The van der Waals surface area contributed by atoms with Crippen LogP contribution in [0.4, 0.5) is 38.5 Å². The lowest BCUT2D eigenvalue weighted by Crippen LogP contribution is -2.37. The second-order valence-electron chi connectivity index (χ2n) is 11.3. The highest BCUT2D eigenvalue weighted by molar-refractivity contribution is 6.01. The Morgan fingerprint density at radius 2 is 1.54 bits per heavy atom. The number of amides is 4. The van der Waals surface area contributed by atoms with Crippen LogP contribution < -0.4 is 21.7 Å². The zero-order chi connectivity index (χ0) is 36.6. The van der Waals surface area contributed by atoms with E-state index in [1.54, 1.807) is 0 Å². The molecule has 0 saturated carbocycles. The lowest BCUT2D eigenvalue weighted by atomic mass is 10.1. The standard InChI is InChI=1S/C17H14F4N2O5.C10H21NO2.C4H5NO2/c1-7(28-17(25)26)8-2-4-9(5-3-8)23-16(24)27-6-10-11(18)13(20)15(22)14(21)12(10)19;1-9(2)5-6-13-10(3,4)7-11-8-12;6-3-1-2-4(7)5-3/h2-5,7H,6,22H2,1H3,(H,23,24)(H,25,26);8-9H,5-7H2,1-4H3,(H,11,12);1-2H2,(H,5,6,7). The molecule has 0 aliphatic carbocycles. The summed E-state index contributed by atoms with van der Waals surface area (Å²) in [5.41, 5.74) is 2.88. The van der Waals surface area contributed by atoms with Gasteiger partial charge in [0.2, 0.25) is 18.2 Å². The summed E-state index contributed by atoms with van der Waals surface area (Å²) in [4.78, 5) is 52.5. The molecule has 1 unspecified atom stereocenters. The van der Waals surface area contributed by atoms with Gasteiger partial charge in [0.25, 0.3) is 0 Å². The Kier molecular flexibility index (Phi) is 16.8. The predicted octanol–water partition coefficient (Wildman–Crippen LogP) is 5.33. The summed E-state index contributed by atoms with van der Waals surface area (Å²) >= 11 is 0. The van der Waals surface area contributed by atoms with E-state index >= 15 is 0 Å². The first-order valence-corrected chi connectivity index (χ1v) is 14.6. The van der Waals surface area contributed by atoms with Crippen molar-refractivity contribution in [2.24, 2.45) is 5.92 Å². The highest BCUT2D eigenvalue weighted by atomic mass is 19.2. The van der Waals surface area contributed by atoms with Gasteiger partial charge in [0.05, 0.1) is 11.2 Å². The minimum absolute atomic E-state index is 0.148. The van der Waals surface area contributed by atoms with Crippen LogP contribution in [-0.2, 0) is 35.2 Å². The SMILES string of the molecule is CC(C)CCOC(C)(C)CNC=O.CC(OC(=O)O)c1ccc(NC(=O)OCc2c(F)c(F)c(N)c(F)c2F)cc1.O=C1CCC(=O)N1. The highest BCUT2D eigenvalue weighted by Gasteiger charge is 2.25. The van der Waals surface area contributed by atoms with Crippen molar-refractivity contribution in [3.63, 3.8) is 0 Å². The summed E-state index contributed by atoms with van der Waals surface area (Å²) in [6, 6.07) is 5.71. The third-order valence-electron chi connectivity index (χ3n) is 6.30. The van der Waals surface area contributed by atoms with Crippen LogP contribution >= 0.6 is 0 Å². The molecule has 0 spiro atoms. The average Bonchev–Trinajstić information content (AvgIpc) is 3.40. The van der Waals surface area contributed by atoms with Crippen molar-refractivity contribution >= 4 is 41.8 Å². The molecule has 6 N–H and O–H groups in total. The van der Waals surface area contributed by atoms with Gasteiger partial charge in [0, 0.05) is 31.7 Å². The van der Waals surface area contributed by atoms with E-state index in [0.717, 1.165) is 13.0 Å². The molecule has 1 aliphatic heterocycles. The number of carboxylic acid groups (broad SMARTS) is 1. The first-order chi connectivity index (χ1) is 22.4. The van der Waals surface area contributed by atoms with Crippen LogP contribution in [0.1, 0.15) is 71.1 Å². The second-order valence-corrected chi connectivity index (χ2v) is 11.3. The molecule has 266 valence electrons. The van der Waals surface area contributed by atoms with Crippen molar-refractivity contribution in [3.05, 3.63) is 58.7 Å². The molecule has 0 aromatic heterocycles. The molecule has 48 heavy (non-hydrogen) atoms. The van der Waals surface area contributed by atoms with Crippen molar-refractivity contribution < 1.29 is 60.9 Å². The Morgan fingerprint density at radius 1 is 1.00 bits per heavy atom. The molecular formula is C31H40F4N4O9. The third kappa shape index (κ3) is 14.7. The molecule has 1 saturated heterocycles. The number of anilines is 2. The largest absolute Gasteiger partial charge is 0.506 e. The van der Waals surface area contributed by atoms with Crippen LogP contribution in [0, 0.1) is 29.2 Å². The number of hydrogen-bond acceptors (Lipinski definition) is 9. The van der Waals surface area contributed by atoms with E-state index in [1.807, 2.05) is 13.8 Å². The van der Waals surface area contributed by atoms with Gasteiger partial charge < -0.3 is 30.4 Å². The Hall–Kier alpha value is -4.93. The molecule has 4 amide bonds. The van der Waals surface area contributed by atoms with Crippen LogP contribution in [0.2, 0.25) is 0 Å². The van der Waals surface area contributed by atoms with E-state index in [1.165, 1.54) is 31.2 Å². The summed E-state index contributed by atoms with van der Waals surface area (Å²) in [6.07, 6.45) is -0.845. The maximum atomic E-state index is 13.7. The maximum Gasteiger partial charge on any atom is 0.506 e. The van der Waals surface area contributed by atoms with Crippen LogP contribution in [-0.4, -0.2) is 54.3 Å². The Balaban J connectivity index is 0.000000471. The monoisotopic (exact) mass is 688 g/mol. The van der Waals surface area contributed by atoms with Gasteiger partial charge in [-0.2, -0.15) is 0 Å². The van der Waals surface area contributed by atoms with E-state index in [0.29, 0.717) is 37.3 Å². The van der Waals surface area contributed by atoms with E-state index in [2.05, 4.69) is 39.3 Å². The van der Waals surface area contributed by atoms with Crippen LogP contribution in [0.25, 0.3) is 0 Å². The molecular weight excluding hydrogens is 648 g/mol. The van der Waals surface area contributed by atoms with Crippen LogP contribution in [0.5, 0.6) is 0 Å². The second kappa shape index (κ2) is 19.7. The fourth-order valence-corrected chi connectivity index (χ4v) is 3.59. The van der Waals surface area contributed by atoms with E-state index < -0.39 is 59.5 Å². The van der Waals surface area contributed by atoms with Crippen molar-refractivity contribution in [1.29, 1.82) is 0 Å². The summed E-state index contributed by atoms with van der Waals surface area (Å²) in [7, 11) is 0. The lowest BCUT2D eigenvalue weighted by molar-refractivity contribution is -0.124. The summed E-state index contributed by atoms with van der Waals surface area (Å²) in [5, 5.41) is 15.5. The number of hydrogen-bond donors (Lipinski definition) is 5. The summed E-state index contributed by atoms with van der Waals surface area (Å²) < 4.78 is 68.8. The van der Waals surface area contributed by atoms with Gasteiger partial charge in [0.15, 0.2) is 23.3 Å². The van der Waals surface area contributed by atoms with Crippen molar-refractivity contribution in [3.8, 4) is 0 Å². The zero-order valence-electron chi connectivity index (χ0n) is 27.1. The highest BCUT2D eigenvalue weighted by Crippen LogP contribution is 2.26. The Bertz CT molecular complexity index is 1380. The Labute approximate surface area is 274 Å². The molecule has 2 aromatic carbocycles. The number of carbonyl (C=O) groups is 5. The van der Waals surface area contributed by atoms with Gasteiger partial charge >= 0.3 is 12.2 Å². The summed E-state index contributed by atoms with van der Waals surface area (Å²) in [5.74, 6) is -6.73. The van der Waals surface area contributed by atoms with E-state index in [4.69, 9.17) is 15.6 Å². The number of nitrogens with two attached hydrogens (primary N) is 1. The quantitative estimate of drug-likeness (QED) is 0.0486. The average molecular weight is 689 g/mol. The maximum absolute atomic E-state index is 13.7. The van der Waals surface area contributed by atoms with Crippen molar-refractivity contribution in [2.45, 2.75) is 72.2 Å². The van der Waals surface area contributed by atoms with Crippen LogP contribution in [0.15, 0.2) is 24.3 Å². The molecule has 13 nitrogen and oxygen atoms in total. The smallest absolute Gasteiger partial charge is 0.450 e. The molecule has 3 rings (SSSR count). The number of nitrogens with one attached hydrogen (secondary N) is 3. The lowest BCUT2D eigenvalue weighted by Gasteiger charge is -2.25. The number of nitrogen functional groups attached to an aromatic ring is 1. The molecule has 17 heteroatoms. The number of imide groups is 1. The zero-order valence-corrected chi connectivity index (χ0v) is 27.1. The topological polar surface area (TPSA) is 195 Å². The fourth-order valence-electron chi connectivity index (χ4n) is 3.59. The Morgan fingerprint density at radius 3 is 1.98 bits per heavy atom. The number of benzene rings is 2. The van der Waals surface area contributed by atoms with Crippen LogP contribution in [0.3, 0.4) is 0 Å². The van der Waals surface area contributed by atoms with Gasteiger partial charge in [-0.25, -0.2) is 27.2 Å². The van der Waals surface area contributed by atoms with Gasteiger partial charge in [0.1, 0.15) is 18.4 Å². The molecule has 2 aromatic rings. The van der Waals surface area contributed by atoms with Gasteiger partial charge in [-0.05, 0) is 50.8 Å². The molecule has 1 aliphatic rings.